The van der Waals surface area contributed by atoms with E-state index in [1.54, 1.807) is 50.2 Å². The molecular weight excluding hydrogens is 485 g/mol. The quantitative estimate of drug-likeness (QED) is 0.349. The van der Waals surface area contributed by atoms with E-state index in [9.17, 15) is 32.7 Å². The number of aryl methyl sites for hydroxylation is 1. The number of halogens is 3. The number of hydrogen-bond donors (Lipinski definition) is 3. The van der Waals surface area contributed by atoms with Crippen LogP contribution < -0.4 is 10.6 Å². The Hall–Kier alpha value is -4.14. The van der Waals surface area contributed by atoms with E-state index in [0.717, 1.165) is 28.8 Å². The van der Waals surface area contributed by atoms with Gasteiger partial charge in [0, 0.05) is 22.9 Å². The Morgan fingerprint density at radius 2 is 1.54 bits per heavy atom. The highest BCUT2D eigenvalue weighted by Crippen LogP contribution is 2.39. The number of nitrogens with one attached hydrogen (secondary N) is 2. The van der Waals surface area contributed by atoms with Crippen LogP contribution in [-0.4, -0.2) is 22.9 Å². The standard InChI is InChI=1S/C28H25F3N2O4/c1-27(2,25(35)36)23-13-9-18-14-17(8-12-22(18)24(23)34)16-6-10-20(11-7-16)32-26(37)33-21-5-3-4-19(15-21)28(29,30)31/h3-8,10-12,14-15,23H,9,13H2,1-2H3,(H,35,36)(H2,32,33,37). The number of benzene rings is 3. The fourth-order valence-corrected chi connectivity index (χ4v) is 4.49. The van der Waals surface area contributed by atoms with Gasteiger partial charge >= 0.3 is 18.2 Å². The van der Waals surface area contributed by atoms with Crippen LogP contribution in [0.15, 0.2) is 66.7 Å². The van der Waals surface area contributed by atoms with Gasteiger partial charge in [-0.15, -0.1) is 0 Å². The number of carboxylic acids is 1. The molecule has 37 heavy (non-hydrogen) atoms. The number of carbonyl (C=O) groups excluding carboxylic acids is 2. The maximum absolute atomic E-state index is 13.0. The predicted octanol–water partition coefficient (Wildman–Crippen LogP) is 6.87. The highest BCUT2D eigenvalue weighted by atomic mass is 19.4. The SMILES string of the molecule is CC(C)(C(=O)O)C1CCc2cc(-c3ccc(NC(=O)Nc4cccc(C(F)(F)F)c4)cc3)ccc2C1=O. The van der Waals surface area contributed by atoms with Crippen molar-refractivity contribution in [3.05, 3.63) is 83.4 Å². The minimum absolute atomic E-state index is 0.0153. The van der Waals surface area contributed by atoms with E-state index in [-0.39, 0.29) is 11.5 Å². The first kappa shape index (κ1) is 25.9. The topological polar surface area (TPSA) is 95.5 Å². The minimum atomic E-state index is -4.51. The molecule has 3 aromatic rings. The average Bonchev–Trinajstić information content (AvgIpc) is 2.84. The third kappa shape index (κ3) is 5.50. The molecule has 3 N–H and O–H groups in total. The predicted molar refractivity (Wildman–Crippen MR) is 134 cm³/mol. The number of carbonyl (C=O) groups is 3. The van der Waals surface area contributed by atoms with Crippen LogP contribution in [0.3, 0.4) is 0 Å². The number of anilines is 2. The maximum atomic E-state index is 13.0. The van der Waals surface area contributed by atoms with Crippen LogP contribution in [0, 0.1) is 11.3 Å². The molecular formula is C28H25F3N2O4. The van der Waals surface area contributed by atoms with Gasteiger partial charge in [0.25, 0.3) is 0 Å². The Morgan fingerprint density at radius 1 is 0.892 bits per heavy atom. The first-order valence-corrected chi connectivity index (χ1v) is 11.6. The molecule has 3 aromatic carbocycles. The van der Waals surface area contributed by atoms with Crippen molar-refractivity contribution in [2.45, 2.75) is 32.9 Å². The molecule has 0 saturated heterocycles. The summed E-state index contributed by atoms with van der Waals surface area (Å²) in [6.45, 7) is 3.15. The smallest absolute Gasteiger partial charge is 0.416 e. The van der Waals surface area contributed by atoms with Crippen molar-refractivity contribution >= 4 is 29.2 Å². The molecule has 0 radical (unpaired) electrons. The van der Waals surface area contributed by atoms with E-state index < -0.39 is 35.1 Å². The highest BCUT2D eigenvalue weighted by molar-refractivity contribution is 6.03. The summed E-state index contributed by atoms with van der Waals surface area (Å²) in [5.74, 6) is -1.74. The van der Waals surface area contributed by atoms with Crippen molar-refractivity contribution < 1.29 is 32.7 Å². The minimum Gasteiger partial charge on any atom is -0.481 e. The van der Waals surface area contributed by atoms with Gasteiger partial charge in [0.1, 0.15) is 0 Å². The molecule has 1 atom stereocenters. The summed E-state index contributed by atoms with van der Waals surface area (Å²) >= 11 is 0. The molecule has 0 fully saturated rings. The molecule has 6 nitrogen and oxygen atoms in total. The van der Waals surface area contributed by atoms with Crippen LogP contribution >= 0.6 is 0 Å². The number of Topliss-reactive ketones (excluding diaryl/α,β-unsaturated/α-hetero) is 1. The summed E-state index contributed by atoms with van der Waals surface area (Å²) < 4.78 is 38.6. The van der Waals surface area contributed by atoms with Crippen molar-refractivity contribution in [3.8, 4) is 11.1 Å². The van der Waals surface area contributed by atoms with Crippen molar-refractivity contribution in [2.75, 3.05) is 10.6 Å². The summed E-state index contributed by atoms with van der Waals surface area (Å²) in [5, 5.41) is 14.5. The van der Waals surface area contributed by atoms with Crippen LogP contribution in [0.25, 0.3) is 11.1 Å². The normalized spacial score (nSPS) is 15.6. The van der Waals surface area contributed by atoms with Gasteiger partial charge in [-0.1, -0.05) is 36.4 Å². The lowest BCUT2D eigenvalue weighted by Crippen LogP contribution is -2.40. The maximum Gasteiger partial charge on any atom is 0.416 e. The molecule has 0 spiro atoms. The zero-order valence-electron chi connectivity index (χ0n) is 20.1. The van der Waals surface area contributed by atoms with E-state index in [4.69, 9.17) is 0 Å². The Morgan fingerprint density at radius 3 is 2.19 bits per heavy atom. The molecule has 0 saturated carbocycles. The molecule has 1 aliphatic rings. The summed E-state index contributed by atoms with van der Waals surface area (Å²) in [4.78, 5) is 36.9. The van der Waals surface area contributed by atoms with Crippen LogP contribution in [0.4, 0.5) is 29.3 Å². The lowest BCUT2D eigenvalue weighted by atomic mass is 9.68. The van der Waals surface area contributed by atoms with Gasteiger partial charge in [-0.25, -0.2) is 4.79 Å². The van der Waals surface area contributed by atoms with Gasteiger partial charge in [0.05, 0.1) is 11.0 Å². The van der Waals surface area contributed by atoms with E-state index in [0.29, 0.717) is 24.1 Å². The van der Waals surface area contributed by atoms with Crippen molar-refractivity contribution in [1.29, 1.82) is 0 Å². The number of carboxylic acid groups (broad SMARTS) is 1. The van der Waals surface area contributed by atoms with Crippen molar-refractivity contribution in [3.63, 3.8) is 0 Å². The van der Waals surface area contributed by atoms with Gasteiger partial charge < -0.3 is 15.7 Å². The van der Waals surface area contributed by atoms with Gasteiger partial charge in [0.2, 0.25) is 0 Å². The number of aliphatic carboxylic acids is 1. The molecule has 192 valence electrons. The Balaban J connectivity index is 1.44. The largest absolute Gasteiger partial charge is 0.481 e. The average molecular weight is 511 g/mol. The molecule has 0 heterocycles. The van der Waals surface area contributed by atoms with Crippen molar-refractivity contribution in [1.82, 2.24) is 0 Å². The van der Waals surface area contributed by atoms with Crippen LogP contribution in [0.5, 0.6) is 0 Å². The van der Waals surface area contributed by atoms with E-state index >= 15 is 0 Å². The summed E-state index contributed by atoms with van der Waals surface area (Å²) in [7, 11) is 0. The van der Waals surface area contributed by atoms with E-state index in [2.05, 4.69) is 10.6 Å². The Labute approximate surface area is 211 Å². The number of rotatable bonds is 5. The molecule has 0 aromatic heterocycles. The molecule has 2 amide bonds. The number of urea groups is 1. The van der Waals surface area contributed by atoms with E-state index in [1.165, 1.54) is 12.1 Å². The summed E-state index contributed by atoms with van der Waals surface area (Å²) in [6.07, 6.45) is -3.46. The molecule has 1 aliphatic carbocycles. The van der Waals surface area contributed by atoms with Gasteiger partial charge in [0.15, 0.2) is 5.78 Å². The highest BCUT2D eigenvalue weighted by Gasteiger charge is 2.43. The van der Waals surface area contributed by atoms with Gasteiger partial charge in [-0.2, -0.15) is 13.2 Å². The lowest BCUT2D eigenvalue weighted by molar-refractivity contribution is -0.149. The Bertz CT molecular complexity index is 1360. The second-order valence-corrected chi connectivity index (χ2v) is 9.59. The third-order valence-corrected chi connectivity index (χ3v) is 6.74. The monoisotopic (exact) mass is 510 g/mol. The molecule has 9 heteroatoms. The molecule has 4 rings (SSSR count). The zero-order valence-corrected chi connectivity index (χ0v) is 20.1. The van der Waals surface area contributed by atoms with E-state index in [1.807, 2.05) is 6.07 Å². The van der Waals surface area contributed by atoms with Crippen LogP contribution in [0.1, 0.15) is 41.8 Å². The van der Waals surface area contributed by atoms with Crippen molar-refractivity contribution in [2.24, 2.45) is 11.3 Å². The molecule has 1 unspecified atom stereocenters. The van der Waals surface area contributed by atoms with Crippen LogP contribution in [-0.2, 0) is 17.4 Å². The Kier molecular flexibility index (Phi) is 6.82. The fourth-order valence-electron chi connectivity index (χ4n) is 4.49. The third-order valence-electron chi connectivity index (χ3n) is 6.74. The first-order chi connectivity index (χ1) is 17.4. The zero-order chi connectivity index (χ0) is 27.0. The lowest BCUT2D eigenvalue weighted by Gasteiger charge is -2.33. The number of alkyl halides is 3. The first-order valence-electron chi connectivity index (χ1n) is 11.6. The van der Waals surface area contributed by atoms with Crippen LogP contribution in [0.2, 0.25) is 0 Å². The second kappa shape index (κ2) is 9.72. The summed E-state index contributed by atoms with van der Waals surface area (Å²) in [5.41, 5.74) is 1.56. The summed E-state index contributed by atoms with van der Waals surface area (Å²) in [6, 6.07) is 16.0. The van der Waals surface area contributed by atoms with Gasteiger partial charge in [-0.05, 0) is 73.7 Å². The second-order valence-electron chi connectivity index (χ2n) is 9.59. The number of fused-ring (bicyclic) bond motifs is 1. The number of amides is 2. The molecule has 0 aliphatic heterocycles. The number of hydrogen-bond acceptors (Lipinski definition) is 3. The fraction of sp³-hybridized carbons (Fsp3) is 0.250. The molecule has 0 bridgehead atoms. The number of ketones is 1. The van der Waals surface area contributed by atoms with Gasteiger partial charge in [-0.3, -0.25) is 9.59 Å².